The molecule has 0 bridgehead atoms. The minimum absolute atomic E-state index is 0.0277. The number of hydrogen-bond donors (Lipinski definition) is 6. The number of piperidine rings is 1. The Morgan fingerprint density at radius 3 is 1.86 bits per heavy atom. The summed E-state index contributed by atoms with van der Waals surface area (Å²) in [5.74, 6) is -2.78. The number of ether oxygens (including phenoxy) is 1. The molecule has 1 fully saturated rings. The molecule has 0 spiro atoms. The van der Waals surface area contributed by atoms with Crippen molar-refractivity contribution >= 4 is 29.6 Å². The summed E-state index contributed by atoms with van der Waals surface area (Å²) < 4.78 is 18.2. The molecular formula is C36H52FN7O6. The molecule has 0 saturated carbocycles. The van der Waals surface area contributed by atoms with Gasteiger partial charge in [-0.25, -0.2) is 0 Å². The van der Waals surface area contributed by atoms with Crippen LogP contribution in [0.2, 0.25) is 0 Å². The van der Waals surface area contributed by atoms with Crippen molar-refractivity contribution in [3.05, 3.63) is 71.8 Å². The zero-order valence-corrected chi connectivity index (χ0v) is 28.8. The summed E-state index contributed by atoms with van der Waals surface area (Å²) in [5.41, 5.74) is 18.5. The van der Waals surface area contributed by atoms with Crippen LogP contribution in [0, 0.1) is 0 Å². The fourth-order valence-electron chi connectivity index (χ4n) is 5.90. The van der Waals surface area contributed by atoms with Gasteiger partial charge in [0.05, 0.1) is 19.8 Å². The maximum Gasteiger partial charge on any atom is 0.325 e. The third kappa shape index (κ3) is 12.2. The molecule has 274 valence electrons. The Labute approximate surface area is 293 Å². The normalized spacial score (nSPS) is 16.3. The van der Waals surface area contributed by atoms with Gasteiger partial charge >= 0.3 is 5.97 Å². The second kappa shape index (κ2) is 20.3. The predicted octanol–water partition coefficient (Wildman–Crippen LogP) is 0.625. The van der Waals surface area contributed by atoms with Crippen molar-refractivity contribution in [3.8, 4) is 0 Å². The van der Waals surface area contributed by atoms with E-state index in [9.17, 15) is 28.4 Å². The zero-order valence-electron chi connectivity index (χ0n) is 28.8. The number of hydrogen-bond acceptors (Lipinski definition) is 9. The van der Waals surface area contributed by atoms with E-state index in [1.165, 1.54) is 7.11 Å². The van der Waals surface area contributed by atoms with Gasteiger partial charge in [-0.05, 0) is 69.0 Å². The Morgan fingerprint density at radius 1 is 0.780 bits per heavy atom. The van der Waals surface area contributed by atoms with Gasteiger partial charge in [0.1, 0.15) is 23.7 Å². The van der Waals surface area contributed by atoms with Crippen LogP contribution < -0.4 is 33.2 Å². The Hall–Kier alpha value is -4.40. The van der Waals surface area contributed by atoms with Crippen LogP contribution >= 0.6 is 0 Å². The Balaban J connectivity index is 1.76. The average Bonchev–Trinajstić information content (AvgIpc) is 3.12. The first-order chi connectivity index (χ1) is 24.0. The Kier molecular flexibility index (Phi) is 16.3. The van der Waals surface area contributed by atoms with E-state index in [0.29, 0.717) is 19.4 Å². The average molecular weight is 698 g/mol. The standard InChI is InChI=1S/C36H52FN7O6/c1-50-35(49)36(40)17-21-44(22-18-36)34(48)29(15-8-9-20-38)42-32(46)28(16-10-19-37)41-33(47)30(24-26-13-6-3-7-14-26)43-31(45)27(39)23-25-11-4-2-5-12-25/h2-7,11-14,27-30H,8-10,15-24,38-40H2,1H3,(H,41,47)(H,42,46)(H,43,45)/t27-,28?,29-,30-/m1/s1. The van der Waals surface area contributed by atoms with Gasteiger partial charge in [-0.1, -0.05) is 60.7 Å². The monoisotopic (exact) mass is 697 g/mol. The summed E-state index contributed by atoms with van der Waals surface area (Å²) in [6.07, 6.45) is 2.09. The minimum atomic E-state index is -1.21. The molecular weight excluding hydrogens is 645 g/mol. The van der Waals surface area contributed by atoms with Gasteiger partial charge in [0.15, 0.2) is 0 Å². The molecule has 3 rings (SSSR count). The Morgan fingerprint density at radius 2 is 1.30 bits per heavy atom. The van der Waals surface area contributed by atoms with Crippen molar-refractivity contribution in [2.45, 2.75) is 87.5 Å². The molecule has 4 atom stereocenters. The molecule has 9 N–H and O–H groups in total. The molecule has 14 heteroatoms. The largest absolute Gasteiger partial charge is 0.468 e. The number of amides is 4. The molecule has 4 amide bonds. The number of methoxy groups -OCH3 is 1. The number of unbranched alkanes of at least 4 members (excludes halogenated alkanes) is 1. The van der Waals surface area contributed by atoms with Crippen LogP contribution in [0.4, 0.5) is 4.39 Å². The summed E-state index contributed by atoms with van der Waals surface area (Å²) in [6.45, 7) is 0.0317. The number of nitrogens with zero attached hydrogens (tertiary/aromatic N) is 1. The van der Waals surface area contributed by atoms with Gasteiger partial charge in [0.2, 0.25) is 23.6 Å². The maximum atomic E-state index is 13.8. The smallest absolute Gasteiger partial charge is 0.325 e. The fourth-order valence-corrected chi connectivity index (χ4v) is 5.90. The molecule has 1 aliphatic heterocycles. The van der Waals surface area contributed by atoms with E-state index in [2.05, 4.69) is 16.0 Å². The number of likely N-dealkylation sites (tertiary alicyclic amines) is 1. The van der Waals surface area contributed by atoms with Gasteiger partial charge in [0.25, 0.3) is 0 Å². The molecule has 0 aliphatic carbocycles. The Bertz CT molecular complexity index is 1390. The van der Waals surface area contributed by atoms with Crippen LogP contribution in [-0.2, 0) is 41.6 Å². The second-order valence-electron chi connectivity index (χ2n) is 12.8. The third-order valence-electron chi connectivity index (χ3n) is 8.93. The van der Waals surface area contributed by atoms with Crippen molar-refractivity contribution < 1.29 is 33.1 Å². The summed E-state index contributed by atoms with van der Waals surface area (Å²) in [6, 6.07) is 14.1. The van der Waals surface area contributed by atoms with Gasteiger partial charge in [-0.3, -0.25) is 28.4 Å². The van der Waals surface area contributed by atoms with Crippen molar-refractivity contribution in [2.75, 3.05) is 33.4 Å². The number of esters is 1. The van der Waals surface area contributed by atoms with Crippen LogP contribution in [0.25, 0.3) is 0 Å². The van der Waals surface area contributed by atoms with E-state index in [1.807, 2.05) is 48.5 Å². The molecule has 1 saturated heterocycles. The fraction of sp³-hybridized carbons (Fsp3) is 0.528. The molecule has 0 aromatic heterocycles. The van der Waals surface area contributed by atoms with E-state index in [1.54, 1.807) is 17.0 Å². The first-order valence-corrected chi connectivity index (χ1v) is 17.2. The molecule has 1 unspecified atom stereocenters. The number of carbonyl (C=O) groups is 5. The highest BCUT2D eigenvalue weighted by Crippen LogP contribution is 2.22. The number of nitrogens with one attached hydrogen (secondary N) is 3. The number of nitrogens with two attached hydrogens (primary N) is 3. The van der Waals surface area contributed by atoms with Gasteiger partial charge in [-0.2, -0.15) is 0 Å². The van der Waals surface area contributed by atoms with Gasteiger partial charge in [0, 0.05) is 19.5 Å². The van der Waals surface area contributed by atoms with Crippen molar-refractivity contribution in [2.24, 2.45) is 17.2 Å². The van der Waals surface area contributed by atoms with Crippen molar-refractivity contribution in [1.82, 2.24) is 20.9 Å². The maximum absolute atomic E-state index is 13.8. The van der Waals surface area contributed by atoms with Gasteiger partial charge in [-0.15, -0.1) is 0 Å². The highest BCUT2D eigenvalue weighted by Gasteiger charge is 2.41. The predicted molar refractivity (Wildman–Crippen MR) is 187 cm³/mol. The number of alkyl halides is 1. The van der Waals surface area contributed by atoms with Crippen LogP contribution in [0.3, 0.4) is 0 Å². The lowest BCUT2D eigenvalue weighted by Gasteiger charge is -2.38. The van der Waals surface area contributed by atoms with Crippen LogP contribution in [0.5, 0.6) is 0 Å². The number of halogens is 1. The number of rotatable bonds is 19. The molecule has 1 heterocycles. The summed E-state index contributed by atoms with van der Waals surface area (Å²) in [4.78, 5) is 68.1. The molecule has 13 nitrogen and oxygen atoms in total. The zero-order chi connectivity index (χ0) is 36.5. The van der Waals surface area contributed by atoms with Crippen LogP contribution in [-0.4, -0.2) is 97.6 Å². The summed E-state index contributed by atoms with van der Waals surface area (Å²) >= 11 is 0. The topological polar surface area (TPSA) is 212 Å². The van der Waals surface area contributed by atoms with Crippen molar-refractivity contribution in [3.63, 3.8) is 0 Å². The lowest BCUT2D eigenvalue weighted by molar-refractivity contribution is -0.151. The lowest BCUT2D eigenvalue weighted by atomic mass is 9.88. The number of benzene rings is 2. The van der Waals surface area contributed by atoms with E-state index < -0.39 is 60.1 Å². The SMILES string of the molecule is COC(=O)C1(N)CCN(C(=O)[C@@H](CCCCN)NC(=O)C(CCCF)NC(=O)[C@@H](Cc2ccccc2)NC(=O)[C@H](N)Cc2ccccc2)CC1. The lowest BCUT2D eigenvalue weighted by Crippen LogP contribution is -2.61. The van der Waals surface area contributed by atoms with Gasteiger partial charge < -0.3 is 42.8 Å². The van der Waals surface area contributed by atoms with E-state index in [0.717, 1.165) is 11.1 Å². The third-order valence-corrected chi connectivity index (χ3v) is 8.93. The van der Waals surface area contributed by atoms with Crippen LogP contribution in [0.1, 0.15) is 56.1 Å². The first-order valence-electron chi connectivity index (χ1n) is 17.2. The molecule has 2 aromatic rings. The summed E-state index contributed by atoms with van der Waals surface area (Å²) in [7, 11) is 1.26. The highest BCUT2D eigenvalue weighted by molar-refractivity contribution is 5.95. The second-order valence-corrected chi connectivity index (χ2v) is 12.8. The van der Waals surface area contributed by atoms with Crippen LogP contribution in [0.15, 0.2) is 60.7 Å². The van der Waals surface area contributed by atoms with E-state index >= 15 is 0 Å². The van der Waals surface area contributed by atoms with E-state index in [-0.39, 0.29) is 63.9 Å². The summed E-state index contributed by atoms with van der Waals surface area (Å²) in [5, 5.41) is 8.22. The minimum Gasteiger partial charge on any atom is -0.468 e. The molecule has 50 heavy (non-hydrogen) atoms. The number of carbonyl (C=O) groups excluding carboxylic acids is 5. The molecule has 2 aromatic carbocycles. The quantitative estimate of drug-likeness (QED) is 0.0896. The van der Waals surface area contributed by atoms with Crippen molar-refractivity contribution in [1.29, 1.82) is 0 Å². The molecule has 1 aliphatic rings. The van der Waals surface area contributed by atoms with E-state index in [4.69, 9.17) is 21.9 Å². The molecule has 0 radical (unpaired) electrons. The highest BCUT2D eigenvalue weighted by atomic mass is 19.1. The first kappa shape index (κ1) is 40.0.